The molecule has 1 heterocycles. The van der Waals surface area contributed by atoms with Gasteiger partial charge in [-0.25, -0.2) is 0 Å². The fraction of sp³-hybridized carbons (Fsp3) is 0.316. The van der Waals surface area contributed by atoms with Gasteiger partial charge in [0, 0.05) is 5.39 Å². The Hall–Kier alpha value is -2.33. The molecule has 0 aliphatic heterocycles. The van der Waals surface area contributed by atoms with Gasteiger partial charge in [-0.3, -0.25) is 4.68 Å². The van der Waals surface area contributed by atoms with Crippen LogP contribution in [-0.4, -0.2) is 23.0 Å². The summed E-state index contributed by atoms with van der Waals surface area (Å²) < 4.78 is 13.4. The molecule has 118 valence electrons. The first-order valence-electron chi connectivity index (χ1n) is 8.00. The first-order valence-corrected chi connectivity index (χ1v) is 8.00. The third kappa shape index (κ3) is 2.82. The number of aromatic nitrogens is 2. The van der Waals surface area contributed by atoms with Crippen molar-refractivity contribution in [3.05, 3.63) is 60.3 Å². The lowest BCUT2D eigenvalue weighted by molar-refractivity contribution is -0.0373. The van der Waals surface area contributed by atoms with Crippen LogP contribution in [0.2, 0.25) is 0 Å². The summed E-state index contributed by atoms with van der Waals surface area (Å²) >= 11 is 0. The van der Waals surface area contributed by atoms with Gasteiger partial charge in [-0.05, 0) is 36.6 Å². The third-order valence-electron chi connectivity index (χ3n) is 4.55. The van der Waals surface area contributed by atoms with Crippen LogP contribution in [0.3, 0.4) is 0 Å². The zero-order chi connectivity index (χ0) is 15.6. The molecule has 23 heavy (non-hydrogen) atoms. The summed E-state index contributed by atoms with van der Waals surface area (Å²) in [6.07, 6.45) is 4.29. The fourth-order valence-electron chi connectivity index (χ4n) is 3.11. The molecule has 0 N–H and O–H groups in total. The maximum absolute atomic E-state index is 5.98. The van der Waals surface area contributed by atoms with Crippen molar-refractivity contribution >= 4 is 10.9 Å². The van der Waals surface area contributed by atoms with E-state index in [1.807, 2.05) is 36.5 Å². The number of hydrogen-bond donors (Lipinski definition) is 0. The number of nitrogens with zero attached hydrogens (tertiary/aromatic N) is 2. The smallest absolute Gasteiger partial charge is 0.119 e. The summed E-state index contributed by atoms with van der Waals surface area (Å²) in [4.78, 5) is 0. The van der Waals surface area contributed by atoms with E-state index in [1.165, 1.54) is 5.56 Å². The van der Waals surface area contributed by atoms with Gasteiger partial charge in [0.2, 0.25) is 0 Å². The Morgan fingerprint density at radius 2 is 1.96 bits per heavy atom. The molecule has 4 nitrogen and oxygen atoms in total. The van der Waals surface area contributed by atoms with Crippen LogP contribution in [0.15, 0.2) is 54.7 Å². The molecule has 1 saturated carbocycles. The number of rotatable bonds is 5. The Morgan fingerprint density at radius 3 is 2.74 bits per heavy atom. The Labute approximate surface area is 135 Å². The van der Waals surface area contributed by atoms with Gasteiger partial charge in [-0.2, -0.15) is 5.10 Å². The van der Waals surface area contributed by atoms with Crippen LogP contribution in [-0.2, 0) is 11.3 Å². The average molecular weight is 308 g/mol. The lowest BCUT2D eigenvalue weighted by atomic mass is 9.89. The van der Waals surface area contributed by atoms with Crippen molar-refractivity contribution in [2.24, 2.45) is 0 Å². The molecule has 0 bridgehead atoms. The zero-order valence-electron chi connectivity index (χ0n) is 13.2. The molecule has 4 heteroatoms. The zero-order valence-corrected chi connectivity index (χ0v) is 13.2. The maximum Gasteiger partial charge on any atom is 0.119 e. The van der Waals surface area contributed by atoms with Gasteiger partial charge >= 0.3 is 0 Å². The lowest BCUT2D eigenvalue weighted by Gasteiger charge is -2.35. The van der Waals surface area contributed by atoms with E-state index in [2.05, 4.69) is 28.0 Å². The highest BCUT2D eigenvalue weighted by atomic mass is 16.5. The van der Waals surface area contributed by atoms with Crippen LogP contribution >= 0.6 is 0 Å². The van der Waals surface area contributed by atoms with Crippen molar-refractivity contribution < 1.29 is 9.47 Å². The highest BCUT2D eigenvalue weighted by Crippen LogP contribution is 2.37. The lowest BCUT2D eigenvalue weighted by Crippen LogP contribution is -2.33. The van der Waals surface area contributed by atoms with Crippen LogP contribution in [0.1, 0.15) is 24.4 Å². The molecule has 2 aromatic carbocycles. The Morgan fingerprint density at radius 1 is 1.13 bits per heavy atom. The van der Waals surface area contributed by atoms with E-state index in [1.54, 1.807) is 7.11 Å². The van der Waals surface area contributed by atoms with Gasteiger partial charge in [0.1, 0.15) is 5.75 Å². The van der Waals surface area contributed by atoms with Crippen LogP contribution in [0.25, 0.3) is 10.9 Å². The molecule has 0 spiro atoms. The predicted molar refractivity (Wildman–Crippen MR) is 89.6 cm³/mol. The molecular weight excluding hydrogens is 288 g/mol. The summed E-state index contributed by atoms with van der Waals surface area (Å²) in [6, 6.07) is 16.9. The molecule has 0 atom stereocenters. The highest BCUT2D eigenvalue weighted by Gasteiger charge is 2.32. The maximum atomic E-state index is 5.98. The van der Waals surface area contributed by atoms with E-state index in [9.17, 15) is 0 Å². The van der Waals surface area contributed by atoms with Gasteiger partial charge in [-0.1, -0.05) is 30.3 Å². The number of ether oxygens (including phenoxy) is 2. The number of methoxy groups -OCH3 is 1. The van der Waals surface area contributed by atoms with Crippen molar-refractivity contribution in [2.75, 3.05) is 7.11 Å². The van der Waals surface area contributed by atoms with Gasteiger partial charge in [-0.15, -0.1) is 0 Å². The van der Waals surface area contributed by atoms with E-state index in [0.717, 1.165) is 29.5 Å². The number of fused-ring (bicyclic) bond motifs is 1. The predicted octanol–water partition coefficient (Wildman–Crippen LogP) is 3.97. The summed E-state index contributed by atoms with van der Waals surface area (Å²) in [5.74, 6) is 0.870. The minimum absolute atomic E-state index is 0.331. The fourth-order valence-corrected chi connectivity index (χ4v) is 3.11. The number of benzene rings is 2. The third-order valence-corrected chi connectivity index (χ3v) is 4.55. The second kappa shape index (κ2) is 6.05. The van der Waals surface area contributed by atoms with E-state index in [0.29, 0.717) is 18.8 Å². The van der Waals surface area contributed by atoms with E-state index >= 15 is 0 Å². The molecule has 3 aromatic rings. The van der Waals surface area contributed by atoms with Gasteiger partial charge in [0.15, 0.2) is 0 Å². The molecule has 0 amide bonds. The van der Waals surface area contributed by atoms with Crippen molar-refractivity contribution in [3.63, 3.8) is 0 Å². The summed E-state index contributed by atoms with van der Waals surface area (Å²) in [5, 5.41) is 5.67. The summed E-state index contributed by atoms with van der Waals surface area (Å²) in [6.45, 7) is 0.690. The summed E-state index contributed by atoms with van der Waals surface area (Å²) in [5.41, 5.74) is 2.39. The van der Waals surface area contributed by atoms with E-state index in [-0.39, 0.29) is 0 Å². The van der Waals surface area contributed by atoms with Gasteiger partial charge in [0.05, 0.1) is 37.6 Å². The average Bonchev–Trinajstić information content (AvgIpc) is 2.97. The topological polar surface area (TPSA) is 36.3 Å². The Bertz CT molecular complexity index is 791. The minimum Gasteiger partial charge on any atom is -0.497 e. The van der Waals surface area contributed by atoms with Gasteiger partial charge < -0.3 is 9.47 Å². The summed E-state index contributed by atoms with van der Waals surface area (Å²) in [7, 11) is 1.69. The van der Waals surface area contributed by atoms with Crippen molar-refractivity contribution in [3.8, 4) is 5.75 Å². The molecule has 1 aliphatic carbocycles. The first-order chi connectivity index (χ1) is 11.3. The first kappa shape index (κ1) is 14.3. The van der Waals surface area contributed by atoms with Crippen LogP contribution in [0.5, 0.6) is 5.75 Å². The van der Waals surface area contributed by atoms with Gasteiger partial charge in [0.25, 0.3) is 0 Å². The largest absolute Gasteiger partial charge is 0.497 e. The van der Waals surface area contributed by atoms with Crippen LogP contribution < -0.4 is 4.74 Å². The molecule has 0 unspecified atom stereocenters. The Balaban J connectivity index is 1.38. The van der Waals surface area contributed by atoms with E-state index < -0.39 is 0 Å². The molecule has 1 aliphatic rings. The number of hydrogen-bond acceptors (Lipinski definition) is 3. The molecular formula is C19H20N2O2. The second-order valence-corrected chi connectivity index (χ2v) is 6.06. The molecule has 4 rings (SSSR count). The monoisotopic (exact) mass is 308 g/mol. The van der Waals surface area contributed by atoms with Crippen molar-refractivity contribution in [1.82, 2.24) is 9.78 Å². The normalized spacial score (nSPS) is 20.4. The van der Waals surface area contributed by atoms with Crippen LogP contribution in [0.4, 0.5) is 0 Å². The van der Waals surface area contributed by atoms with Crippen molar-refractivity contribution in [1.29, 1.82) is 0 Å². The molecule has 1 aromatic heterocycles. The Kier molecular flexibility index (Phi) is 3.75. The van der Waals surface area contributed by atoms with Crippen LogP contribution in [0, 0.1) is 0 Å². The quantitative estimate of drug-likeness (QED) is 0.715. The minimum atomic E-state index is 0.331. The molecule has 1 fully saturated rings. The van der Waals surface area contributed by atoms with Crippen molar-refractivity contribution in [2.45, 2.75) is 31.6 Å². The standard InChI is InChI=1S/C19H20N2O2/c1-22-17-7-8-19-15(9-17)12-20-21(19)16-10-18(11-16)23-13-14-5-3-2-4-6-14/h2-9,12,16,18H,10-11,13H2,1H3/t16-,18+. The second-order valence-electron chi connectivity index (χ2n) is 6.06. The molecule has 0 saturated heterocycles. The van der Waals surface area contributed by atoms with E-state index in [4.69, 9.17) is 9.47 Å². The SMILES string of the molecule is COc1ccc2c(cnn2[C@H]2C[C@@H](OCc3ccccc3)C2)c1. The molecule has 0 radical (unpaired) electrons. The highest BCUT2D eigenvalue weighted by molar-refractivity contribution is 5.80.